The molecule has 1 aliphatic rings. The number of amides is 3. The third-order valence-corrected chi connectivity index (χ3v) is 6.25. The lowest BCUT2D eigenvalue weighted by Gasteiger charge is -2.23. The third-order valence-electron chi connectivity index (χ3n) is 4.77. The molecule has 0 saturated carbocycles. The van der Waals surface area contributed by atoms with E-state index in [1.807, 2.05) is 0 Å². The van der Waals surface area contributed by atoms with Crippen LogP contribution >= 0.6 is 0 Å². The van der Waals surface area contributed by atoms with Crippen LogP contribution in [0.25, 0.3) is 0 Å². The average molecular weight is 439 g/mol. The summed E-state index contributed by atoms with van der Waals surface area (Å²) in [6, 6.07) is 4.94. The smallest absolute Gasteiger partial charge is 0.242 e. The SMILES string of the molecule is CNC(=O)C1CCCN1C(=O)CNC(=O)CCNS(=O)(=O)c1ccc(C(C)=O)cc1. The van der Waals surface area contributed by atoms with Crippen molar-refractivity contribution in [1.82, 2.24) is 20.3 Å². The summed E-state index contributed by atoms with van der Waals surface area (Å²) in [5.74, 6) is -1.26. The Balaban J connectivity index is 1.78. The van der Waals surface area contributed by atoms with Crippen LogP contribution in [-0.4, -0.2) is 69.5 Å². The van der Waals surface area contributed by atoms with Gasteiger partial charge in [-0.1, -0.05) is 12.1 Å². The van der Waals surface area contributed by atoms with Gasteiger partial charge in [0.1, 0.15) is 6.04 Å². The van der Waals surface area contributed by atoms with Crippen molar-refractivity contribution in [2.75, 3.05) is 26.7 Å². The molecule has 1 heterocycles. The van der Waals surface area contributed by atoms with Crippen molar-refractivity contribution in [3.05, 3.63) is 29.8 Å². The van der Waals surface area contributed by atoms with Crippen molar-refractivity contribution >= 4 is 33.5 Å². The number of ketones is 1. The molecule has 30 heavy (non-hydrogen) atoms. The minimum Gasteiger partial charge on any atom is -0.357 e. The van der Waals surface area contributed by atoms with Gasteiger partial charge in [-0.15, -0.1) is 0 Å². The number of likely N-dealkylation sites (N-methyl/N-ethyl adjacent to an activating group) is 1. The maximum Gasteiger partial charge on any atom is 0.242 e. The highest BCUT2D eigenvalue weighted by Gasteiger charge is 2.33. The van der Waals surface area contributed by atoms with Crippen molar-refractivity contribution in [3.63, 3.8) is 0 Å². The lowest BCUT2D eigenvalue weighted by molar-refractivity contribution is -0.138. The maximum atomic E-state index is 12.3. The van der Waals surface area contributed by atoms with Crippen LogP contribution in [0.4, 0.5) is 0 Å². The third kappa shape index (κ3) is 6.10. The van der Waals surface area contributed by atoms with Gasteiger partial charge in [-0.25, -0.2) is 13.1 Å². The normalized spacial score (nSPS) is 16.2. The van der Waals surface area contributed by atoms with E-state index in [1.54, 1.807) is 0 Å². The van der Waals surface area contributed by atoms with E-state index in [1.165, 1.54) is 43.1 Å². The van der Waals surface area contributed by atoms with Crippen molar-refractivity contribution in [3.8, 4) is 0 Å². The molecule has 1 fully saturated rings. The lowest BCUT2D eigenvalue weighted by Crippen LogP contribution is -2.48. The van der Waals surface area contributed by atoms with Crippen molar-refractivity contribution in [2.24, 2.45) is 0 Å². The minimum atomic E-state index is -3.82. The molecule has 164 valence electrons. The van der Waals surface area contributed by atoms with Crippen molar-refractivity contribution < 1.29 is 27.6 Å². The van der Waals surface area contributed by atoms with Gasteiger partial charge in [0.15, 0.2) is 5.78 Å². The van der Waals surface area contributed by atoms with Gasteiger partial charge in [-0.3, -0.25) is 19.2 Å². The Labute approximate surface area is 175 Å². The number of nitrogens with one attached hydrogen (secondary N) is 3. The average Bonchev–Trinajstić information content (AvgIpc) is 3.21. The van der Waals surface area contributed by atoms with Gasteiger partial charge in [0.25, 0.3) is 0 Å². The molecule has 2 rings (SSSR count). The largest absolute Gasteiger partial charge is 0.357 e. The highest BCUT2D eigenvalue weighted by atomic mass is 32.2. The molecule has 1 unspecified atom stereocenters. The van der Waals surface area contributed by atoms with Crippen molar-refractivity contribution in [2.45, 2.75) is 37.1 Å². The fourth-order valence-corrected chi connectivity index (χ4v) is 4.15. The monoisotopic (exact) mass is 438 g/mol. The summed E-state index contributed by atoms with van der Waals surface area (Å²) in [5.41, 5.74) is 0.398. The first-order chi connectivity index (χ1) is 14.2. The molecule has 1 atom stereocenters. The molecule has 1 aliphatic heterocycles. The van der Waals surface area contributed by atoms with Crippen LogP contribution in [0, 0.1) is 0 Å². The molecule has 3 amide bonds. The number of nitrogens with zero attached hydrogens (tertiary/aromatic N) is 1. The summed E-state index contributed by atoms with van der Waals surface area (Å²) >= 11 is 0. The van der Waals surface area contributed by atoms with Crippen LogP contribution in [0.2, 0.25) is 0 Å². The predicted molar refractivity (Wildman–Crippen MR) is 108 cm³/mol. The Kier molecular flexibility index (Phi) is 8.07. The van der Waals surface area contributed by atoms with Crippen LogP contribution in [0.3, 0.4) is 0 Å². The zero-order chi connectivity index (χ0) is 22.3. The molecule has 1 saturated heterocycles. The number of benzene rings is 1. The van der Waals surface area contributed by atoms with Crippen LogP contribution in [0.1, 0.15) is 36.5 Å². The first kappa shape index (κ1) is 23.5. The van der Waals surface area contributed by atoms with Gasteiger partial charge in [-0.2, -0.15) is 0 Å². The van der Waals surface area contributed by atoms with Gasteiger partial charge in [0, 0.05) is 32.1 Å². The number of Topliss-reactive ketones (excluding diaryl/α,β-unsaturated/α-hetero) is 1. The van der Waals surface area contributed by atoms with Gasteiger partial charge < -0.3 is 15.5 Å². The summed E-state index contributed by atoms with van der Waals surface area (Å²) in [6.45, 7) is 1.43. The number of hydrogen-bond donors (Lipinski definition) is 3. The van der Waals surface area contributed by atoms with Gasteiger partial charge in [0.2, 0.25) is 27.7 Å². The Morgan fingerprint density at radius 2 is 1.80 bits per heavy atom. The second-order valence-corrected chi connectivity index (χ2v) is 8.63. The number of carbonyl (C=O) groups excluding carboxylic acids is 4. The first-order valence-corrected chi connectivity index (χ1v) is 11.0. The van der Waals surface area contributed by atoms with E-state index in [0.717, 1.165) is 0 Å². The fourth-order valence-electron chi connectivity index (χ4n) is 3.12. The molecule has 11 heteroatoms. The van der Waals surface area contributed by atoms with E-state index in [0.29, 0.717) is 24.9 Å². The molecule has 0 bridgehead atoms. The second kappa shape index (κ2) is 10.3. The van der Waals surface area contributed by atoms with E-state index >= 15 is 0 Å². The number of likely N-dealkylation sites (tertiary alicyclic amines) is 1. The molecular weight excluding hydrogens is 412 g/mol. The maximum absolute atomic E-state index is 12.3. The zero-order valence-corrected chi connectivity index (χ0v) is 17.8. The summed E-state index contributed by atoms with van der Waals surface area (Å²) in [4.78, 5) is 48.7. The summed E-state index contributed by atoms with van der Waals surface area (Å²) in [7, 11) is -2.32. The van der Waals surface area contributed by atoms with E-state index in [2.05, 4.69) is 15.4 Å². The van der Waals surface area contributed by atoms with Crippen LogP contribution in [0.5, 0.6) is 0 Å². The van der Waals surface area contributed by atoms with Gasteiger partial charge in [-0.05, 0) is 31.9 Å². The molecule has 1 aromatic carbocycles. The van der Waals surface area contributed by atoms with Gasteiger partial charge >= 0.3 is 0 Å². The van der Waals surface area contributed by atoms with Crippen LogP contribution < -0.4 is 15.4 Å². The molecule has 1 aromatic rings. The van der Waals surface area contributed by atoms with E-state index in [4.69, 9.17) is 0 Å². The zero-order valence-electron chi connectivity index (χ0n) is 16.9. The molecule has 0 radical (unpaired) electrons. The van der Waals surface area contributed by atoms with Crippen LogP contribution in [-0.2, 0) is 24.4 Å². The highest BCUT2D eigenvalue weighted by Crippen LogP contribution is 2.17. The number of rotatable bonds is 9. The molecule has 0 aromatic heterocycles. The number of carbonyl (C=O) groups is 4. The van der Waals surface area contributed by atoms with Crippen molar-refractivity contribution in [1.29, 1.82) is 0 Å². The Hall–Kier alpha value is -2.79. The Morgan fingerprint density at radius 3 is 2.40 bits per heavy atom. The lowest BCUT2D eigenvalue weighted by atomic mass is 10.2. The van der Waals surface area contributed by atoms with E-state index in [-0.39, 0.29) is 42.0 Å². The molecular formula is C19H26N4O6S. The second-order valence-electron chi connectivity index (χ2n) is 6.86. The Bertz CT molecular complexity index is 913. The number of sulfonamides is 1. The standard InChI is InChI=1S/C19H26N4O6S/c1-13(24)14-5-7-15(8-6-14)30(28,29)22-10-9-17(25)21-12-18(26)23-11-3-4-16(23)19(27)20-2/h5-8,16,22H,3-4,9-12H2,1-2H3,(H,20,27)(H,21,25). The molecule has 0 spiro atoms. The summed E-state index contributed by atoms with van der Waals surface area (Å²) in [5, 5.41) is 4.97. The quantitative estimate of drug-likeness (QED) is 0.440. The topological polar surface area (TPSA) is 142 Å². The van der Waals surface area contributed by atoms with E-state index in [9.17, 15) is 27.6 Å². The first-order valence-electron chi connectivity index (χ1n) is 9.54. The minimum absolute atomic E-state index is 0.0163. The predicted octanol–water partition coefficient (Wildman–Crippen LogP) is -0.589. The summed E-state index contributed by atoms with van der Waals surface area (Å²) < 4.78 is 26.8. The molecule has 0 aliphatic carbocycles. The fraction of sp³-hybridized carbons (Fsp3) is 0.474. The van der Waals surface area contributed by atoms with Gasteiger partial charge in [0.05, 0.1) is 11.4 Å². The summed E-state index contributed by atoms with van der Waals surface area (Å²) in [6.07, 6.45) is 1.14. The Morgan fingerprint density at radius 1 is 1.13 bits per heavy atom. The number of hydrogen-bond acceptors (Lipinski definition) is 6. The molecule has 10 nitrogen and oxygen atoms in total. The highest BCUT2D eigenvalue weighted by molar-refractivity contribution is 7.89. The van der Waals surface area contributed by atoms with E-state index < -0.39 is 22.0 Å². The molecule has 3 N–H and O–H groups in total. The van der Waals surface area contributed by atoms with Crippen LogP contribution in [0.15, 0.2) is 29.2 Å².